The highest BCUT2D eigenvalue weighted by Gasteiger charge is 2.53. The summed E-state index contributed by atoms with van der Waals surface area (Å²) in [7, 11) is 0. The molecule has 0 aliphatic carbocycles. The Morgan fingerprint density at radius 3 is 2.96 bits per heavy atom. The zero-order valence-electron chi connectivity index (χ0n) is 14.7. The largest absolute Gasteiger partial charge is 0.467 e. The Bertz CT molecular complexity index is 570. The van der Waals surface area contributed by atoms with Gasteiger partial charge in [0, 0.05) is 39.5 Å². The number of amides is 1. The SMILES string of the molecule is O=C(NCc1ccco1)[C@]12CCO[C@H]1CCN(CC1CCOCC1)C2. The fourth-order valence-electron chi connectivity index (χ4n) is 4.56. The molecular formula is C19H28N2O4. The quantitative estimate of drug-likeness (QED) is 0.879. The lowest BCUT2D eigenvalue weighted by atomic mass is 9.75. The number of carbonyl (C=O) groups is 1. The monoisotopic (exact) mass is 348 g/mol. The summed E-state index contributed by atoms with van der Waals surface area (Å²) in [6.07, 6.45) is 5.71. The Morgan fingerprint density at radius 2 is 2.16 bits per heavy atom. The second-order valence-corrected chi connectivity index (χ2v) is 7.61. The molecule has 6 heteroatoms. The highest BCUT2D eigenvalue weighted by molar-refractivity contribution is 5.84. The van der Waals surface area contributed by atoms with Gasteiger partial charge in [-0.05, 0) is 43.7 Å². The fourth-order valence-corrected chi connectivity index (χ4v) is 4.56. The van der Waals surface area contributed by atoms with Crippen molar-refractivity contribution in [3.8, 4) is 0 Å². The molecule has 4 heterocycles. The molecule has 0 radical (unpaired) electrons. The molecule has 2 atom stereocenters. The molecule has 138 valence electrons. The third-order valence-corrected chi connectivity index (χ3v) is 6.01. The van der Waals surface area contributed by atoms with Crippen LogP contribution in [0, 0.1) is 11.3 Å². The fraction of sp³-hybridized carbons (Fsp3) is 0.737. The van der Waals surface area contributed by atoms with Crippen LogP contribution < -0.4 is 5.32 Å². The maximum atomic E-state index is 13.1. The van der Waals surface area contributed by atoms with Crippen molar-refractivity contribution < 1.29 is 18.7 Å². The maximum absolute atomic E-state index is 13.1. The van der Waals surface area contributed by atoms with Crippen LogP contribution >= 0.6 is 0 Å². The lowest BCUT2D eigenvalue weighted by Crippen LogP contribution is -2.57. The molecule has 1 aromatic heterocycles. The first-order valence-corrected chi connectivity index (χ1v) is 9.49. The van der Waals surface area contributed by atoms with Crippen LogP contribution in [0.4, 0.5) is 0 Å². The Kier molecular flexibility index (Phi) is 5.10. The zero-order chi connectivity index (χ0) is 17.1. The third-order valence-electron chi connectivity index (χ3n) is 6.01. The number of carbonyl (C=O) groups excluding carboxylic acids is 1. The number of furan rings is 1. The molecule has 3 saturated heterocycles. The predicted octanol–water partition coefficient (Wildman–Crippen LogP) is 1.80. The van der Waals surface area contributed by atoms with E-state index in [0.717, 1.165) is 64.3 Å². The van der Waals surface area contributed by atoms with Crippen molar-refractivity contribution in [2.24, 2.45) is 11.3 Å². The molecule has 0 unspecified atom stereocenters. The predicted molar refractivity (Wildman–Crippen MR) is 91.9 cm³/mol. The second kappa shape index (κ2) is 7.48. The Balaban J connectivity index is 1.40. The topological polar surface area (TPSA) is 63.9 Å². The van der Waals surface area contributed by atoms with E-state index in [9.17, 15) is 4.79 Å². The molecule has 4 rings (SSSR count). The average Bonchev–Trinajstić information content (AvgIpc) is 3.30. The van der Waals surface area contributed by atoms with Gasteiger partial charge in [-0.15, -0.1) is 0 Å². The van der Waals surface area contributed by atoms with Gasteiger partial charge in [-0.3, -0.25) is 4.79 Å². The number of nitrogens with zero attached hydrogens (tertiary/aromatic N) is 1. The van der Waals surface area contributed by atoms with Crippen molar-refractivity contribution in [3.05, 3.63) is 24.2 Å². The van der Waals surface area contributed by atoms with Crippen molar-refractivity contribution in [2.45, 2.75) is 38.3 Å². The van der Waals surface area contributed by atoms with Gasteiger partial charge in [0.15, 0.2) is 0 Å². The van der Waals surface area contributed by atoms with E-state index in [1.165, 1.54) is 0 Å². The van der Waals surface area contributed by atoms with Crippen LogP contribution in [0.1, 0.15) is 31.4 Å². The number of fused-ring (bicyclic) bond motifs is 1. The number of hydrogen-bond acceptors (Lipinski definition) is 5. The van der Waals surface area contributed by atoms with Gasteiger partial charge in [-0.1, -0.05) is 0 Å². The van der Waals surface area contributed by atoms with Crippen LogP contribution in [-0.2, 0) is 20.8 Å². The van der Waals surface area contributed by atoms with E-state index in [1.54, 1.807) is 6.26 Å². The number of likely N-dealkylation sites (tertiary alicyclic amines) is 1. The number of hydrogen-bond donors (Lipinski definition) is 1. The normalized spacial score (nSPS) is 31.0. The smallest absolute Gasteiger partial charge is 0.230 e. The molecule has 1 N–H and O–H groups in total. The first kappa shape index (κ1) is 17.1. The first-order valence-electron chi connectivity index (χ1n) is 9.49. The standard InChI is InChI=1S/C19H28N2O4/c22-18(20-12-16-2-1-8-24-16)19-6-11-25-17(19)3-7-21(14-19)13-15-4-9-23-10-5-15/h1-2,8,15,17H,3-7,9-14H2,(H,20,22)/t17-,19-/m0/s1. The van der Waals surface area contributed by atoms with E-state index >= 15 is 0 Å². The molecule has 1 aromatic rings. The van der Waals surface area contributed by atoms with Gasteiger partial charge in [0.2, 0.25) is 5.91 Å². The van der Waals surface area contributed by atoms with Crippen LogP contribution in [0.15, 0.2) is 22.8 Å². The molecule has 6 nitrogen and oxygen atoms in total. The van der Waals surface area contributed by atoms with E-state index in [-0.39, 0.29) is 12.0 Å². The molecule has 0 bridgehead atoms. The van der Waals surface area contributed by atoms with Crippen molar-refractivity contribution in [1.29, 1.82) is 0 Å². The highest BCUT2D eigenvalue weighted by atomic mass is 16.5. The third kappa shape index (κ3) is 3.61. The zero-order valence-corrected chi connectivity index (χ0v) is 14.7. The van der Waals surface area contributed by atoms with Gasteiger partial charge in [-0.25, -0.2) is 0 Å². The minimum absolute atomic E-state index is 0.0510. The number of rotatable bonds is 5. The lowest BCUT2D eigenvalue weighted by molar-refractivity contribution is -0.140. The number of nitrogens with one attached hydrogen (secondary N) is 1. The molecule has 1 amide bonds. The van der Waals surface area contributed by atoms with E-state index in [1.807, 2.05) is 12.1 Å². The number of ether oxygens (including phenoxy) is 2. The summed E-state index contributed by atoms with van der Waals surface area (Å²) in [6.45, 7) is 5.78. The van der Waals surface area contributed by atoms with Gasteiger partial charge in [-0.2, -0.15) is 0 Å². The van der Waals surface area contributed by atoms with Crippen molar-refractivity contribution >= 4 is 5.91 Å². The lowest BCUT2D eigenvalue weighted by Gasteiger charge is -2.43. The van der Waals surface area contributed by atoms with Gasteiger partial charge in [0.05, 0.1) is 24.3 Å². The van der Waals surface area contributed by atoms with Crippen LogP contribution in [0.3, 0.4) is 0 Å². The Morgan fingerprint density at radius 1 is 1.28 bits per heavy atom. The Hall–Kier alpha value is -1.37. The van der Waals surface area contributed by atoms with Crippen molar-refractivity contribution in [1.82, 2.24) is 10.2 Å². The minimum atomic E-state index is -0.407. The first-order chi connectivity index (χ1) is 12.3. The highest BCUT2D eigenvalue weighted by Crippen LogP contribution is 2.41. The van der Waals surface area contributed by atoms with Gasteiger partial charge >= 0.3 is 0 Å². The molecular weight excluding hydrogens is 320 g/mol. The summed E-state index contributed by atoms with van der Waals surface area (Å²) in [5.74, 6) is 1.59. The summed E-state index contributed by atoms with van der Waals surface area (Å²) < 4.78 is 16.7. The molecule has 3 fully saturated rings. The van der Waals surface area contributed by atoms with Gasteiger partial charge in [0.1, 0.15) is 5.76 Å². The second-order valence-electron chi connectivity index (χ2n) is 7.61. The molecule has 3 aliphatic heterocycles. The van der Waals surface area contributed by atoms with Crippen LogP contribution in [0.5, 0.6) is 0 Å². The van der Waals surface area contributed by atoms with Crippen molar-refractivity contribution in [3.63, 3.8) is 0 Å². The summed E-state index contributed by atoms with van der Waals surface area (Å²) in [4.78, 5) is 15.5. The average molecular weight is 348 g/mol. The molecule has 0 spiro atoms. The summed E-state index contributed by atoms with van der Waals surface area (Å²) in [5, 5.41) is 3.08. The van der Waals surface area contributed by atoms with Crippen molar-refractivity contribution in [2.75, 3.05) is 39.5 Å². The summed E-state index contributed by atoms with van der Waals surface area (Å²) >= 11 is 0. The molecule has 0 aromatic carbocycles. The van der Waals surface area contributed by atoms with E-state index in [2.05, 4.69) is 10.2 Å². The molecule has 25 heavy (non-hydrogen) atoms. The van der Waals surface area contributed by atoms with Gasteiger partial charge in [0.25, 0.3) is 0 Å². The summed E-state index contributed by atoms with van der Waals surface area (Å²) in [5.41, 5.74) is -0.407. The van der Waals surface area contributed by atoms with Crippen LogP contribution in [-0.4, -0.2) is 56.4 Å². The van der Waals surface area contributed by atoms with E-state index in [0.29, 0.717) is 19.1 Å². The van der Waals surface area contributed by atoms with E-state index in [4.69, 9.17) is 13.9 Å². The maximum Gasteiger partial charge on any atom is 0.230 e. The van der Waals surface area contributed by atoms with E-state index < -0.39 is 5.41 Å². The minimum Gasteiger partial charge on any atom is -0.467 e. The van der Waals surface area contributed by atoms with Crippen LogP contribution in [0.2, 0.25) is 0 Å². The number of piperidine rings is 1. The molecule has 3 aliphatic rings. The summed E-state index contributed by atoms with van der Waals surface area (Å²) in [6, 6.07) is 3.73. The Labute approximate surface area is 148 Å². The van der Waals surface area contributed by atoms with Crippen LogP contribution in [0.25, 0.3) is 0 Å². The molecule has 0 saturated carbocycles. The van der Waals surface area contributed by atoms with Gasteiger partial charge < -0.3 is 24.1 Å².